The molecule has 2 aromatic rings. The van der Waals surface area contributed by atoms with Crippen LogP contribution in [0.1, 0.15) is 11.1 Å². The summed E-state index contributed by atoms with van der Waals surface area (Å²) in [5.41, 5.74) is 2.16. The topological polar surface area (TPSA) is 29.5 Å². The molecule has 0 aromatic heterocycles. The molecule has 0 aliphatic carbocycles. The molecule has 3 nitrogen and oxygen atoms in total. The van der Waals surface area contributed by atoms with Gasteiger partial charge >= 0.3 is 5.97 Å². The minimum absolute atomic E-state index is 0.210. The molecule has 0 unspecified atom stereocenters. The summed E-state index contributed by atoms with van der Waals surface area (Å²) in [6.45, 7) is 1.32. The first-order chi connectivity index (χ1) is 10.1. The summed E-state index contributed by atoms with van der Waals surface area (Å²) in [6.07, 6.45) is 0. The number of hydrogen-bond acceptors (Lipinski definition) is 3. The minimum atomic E-state index is -0.210. The van der Waals surface area contributed by atoms with Gasteiger partial charge in [-0.25, -0.2) is 0 Å². The van der Waals surface area contributed by atoms with Gasteiger partial charge in [-0.05, 0) is 30.3 Å². The summed E-state index contributed by atoms with van der Waals surface area (Å²) in [5.74, 6) is -0.210. The Bertz CT molecular complexity index is 569. The average Bonchev–Trinajstić information content (AvgIpc) is 2.48. The van der Waals surface area contributed by atoms with Crippen molar-refractivity contribution in [2.45, 2.75) is 13.2 Å². The summed E-state index contributed by atoms with van der Waals surface area (Å²) < 4.78 is 6.32. The largest absolute Gasteiger partial charge is 0.460 e. The Balaban J connectivity index is 1.75. The van der Waals surface area contributed by atoms with Crippen LogP contribution in [0.2, 0.25) is 0 Å². The van der Waals surface area contributed by atoms with Crippen molar-refractivity contribution in [1.29, 1.82) is 0 Å². The standard InChI is InChI=1S/C17H18BrNO2/c1-19(11-14-7-9-16(18)10-8-14)12-17(20)21-13-15-5-3-2-4-6-15/h2-10H,11-13H2,1H3. The number of nitrogens with zero attached hydrogens (tertiary/aromatic N) is 1. The number of hydrogen-bond donors (Lipinski definition) is 0. The fourth-order valence-corrected chi connectivity index (χ4v) is 2.23. The minimum Gasteiger partial charge on any atom is -0.460 e. The normalized spacial score (nSPS) is 10.6. The highest BCUT2D eigenvalue weighted by Gasteiger charge is 2.08. The molecule has 0 saturated heterocycles. The molecule has 2 aromatic carbocycles. The van der Waals surface area contributed by atoms with Crippen LogP contribution in [0.4, 0.5) is 0 Å². The van der Waals surface area contributed by atoms with Crippen LogP contribution in [-0.2, 0) is 22.7 Å². The fourth-order valence-electron chi connectivity index (χ4n) is 1.96. The zero-order valence-corrected chi connectivity index (χ0v) is 13.5. The van der Waals surface area contributed by atoms with Crippen LogP contribution in [-0.4, -0.2) is 24.5 Å². The second-order valence-corrected chi connectivity index (χ2v) is 5.86. The van der Waals surface area contributed by atoms with Gasteiger partial charge in [0.1, 0.15) is 6.61 Å². The van der Waals surface area contributed by atoms with Gasteiger partial charge in [-0.3, -0.25) is 9.69 Å². The van der Waals surface area contributed by atoms with Gasteiger partial charge in [-0.1, -0.05) is 58.4 Å². The number of ether oxygens (including phenoxy) is 1. The maximum Gasteiger partial charge on any atom is 0.320 e. The first-order valence-corrected chi connectivity index (χ1v) is 7.55. The van der Waals surface area contributed by atoms with E-state index >= 15 is 0 Å². The fraction of sp³-hybridized carbons (Fsp3) is 0.235. The number of rotatable bonds is 6. The van der Waals surface area contributed by atoms with Crippen molar-refractivity contribution >= 4 is 21.9 Å². The molecule has 21 heavy (non-hydrogen) atoms. The van der Waals surface area contributed by atoms with Crippen LogP contribution < -0.4 is 0 Å². The Morgan fingerprint density at radius 1 is 1.05 bits per heavy atom. The highest BCUT2D eigenvalue weighted by molar-refractivity contribution is 9.10. The second-order valence-electron chi connectivity index (χ2n) is 4.95. The molecule has 0 radical (unpaired) electrons. The summed E-state index contributed by atoms with van der Waals surface area (Å²) in [6, 6.07) is 17.8. The molecule has 0 bridgehead atoms. The molecule has 2 rings (SSSR count). The zero-order chi connectivity index (χ0) is 15.1. The first kappa shape index (κ1) is 15.7. The third kappa shape index (κ3) is 5.69. The van der Waals surface area contributed by atoms with Crippen molar-refractivity contribution in [3.05, 3.63) is 70.2 Å². The number of carbonyl (C=O) groups is 1. The Morgan fingerprint density at radius 2 is 1.71 bits per heavy atom. The predicted molar refractivity (Wildman–Crippen MR) is 86.7 cm³/mol. The predicted octanol–water partition coefficient (Wildman–Crippen LogP) is 3.62. The molecule has 0 atom stereocenters. The van der Waals surface area contributed by atoms with E-state index in [1.165, 1.54) is 0 Å². The Labute approximate surface area is 133 Å². The van der Waals surface area contributed by atoms with Crippen LogP contribution in [0.15, 0.2) is 59.1 Å². The van der Waals surface area contributed by atoms with Crippen molar-refractivity contribution < 1.29 is 9.53 Å². The third-order valence-electron chi connectivity index (χ3n) is 3.01. The van der Waals surface area contributed by atoms with E-state index in [-0.39, 0.29) is 12.5 Å². The number of esters is 1. The zero-order valence-electron chi connectivity index (χ0n) is 12.0. The Hall–Kier alpha value is -1.65. The first-order valence-electron chi connectivity index (χ1n) is 6.76. The lowest BCUT2D eigenvalue weighted by molar-refractivity contribution is -0.146. The van der Waals surface area contributed by atoms with Crippen LogP contribution in [0.25, 0.3) is 0 Å². The van der Waals surface area contributed by atoms with Gasteiger partial charge in [0.15, 0.2) is 0 Å². The molecule has 0 heterocycles. The summed E-state index contributed by atoms with van der Waals surface area (Å²) in [7, 11) is 1.91. The molecule has 0 amide bonds. The lowest BCUT2D eigenvalue weighted by Crippen LogP contribution is -2.26. The Kier molecular flexibility index (Phi) is 5.96. The van der Waals surface area contributed by atoms with Gasteiger partial charge in [0, 0.05) is 11.0 Å². The summed E-state index contributed by atoms with van der Waals surface area (Å²) >= 11 is 3.41. The van der Waals surface area contributed by atoms with Crippen LogP contribution in [0, 0.1) is 0 Å². The molecule has 0 aliphatic rings. The number of likely N-dealkylation sites (N-methyl/N-ethyl adjacent to an activating group) is 1. The van der Waals surface area contributed by atoms with E-state index in [0.29, 0.717) is 13.2 Å². The summed E-state index contributed by atoms with van der Waals surface area (Å²) in [4.78, 5) is 13.7. The van der Waals surface area contributed by atoms with Crippen molar-refractivity contribution in [1.82, 2.24) is 4.90 Å². The molecule has 0 aliphatic heterocycles. The van der Waals surface area contributed by atoms with E-state index in [1.54, 1.807) is 0 Å². The van der Waals surface area contributed by atoms with Crippen LogP contribution >= 0.6 is 15.9 Å². The number of benzene rings is 2. The van der Waals surface area contributed by atoms with Crippen molar-refractivity contribution in [3.8, 4) is 0 Å². The maximum atomic E-state index is 11.8. The van der Waals surface area contributed by atoms with E-state index in [9.17, 15) is 4.79 Å². The lowest BCUT2D eigenvalue weighted by atomic mass is 10.2. The SMILES string of the molecule is CN(CC(=O)OCc1ccccc1)Cc1ccc(Br)cc1. The van der Waals surface area contributed by atoms with Gasteiger partial charge < -0.3 is 4.74 Å². The molecular weight excluding hydrogens is 330 g/mol. The highest BCUT2D eigenvalue weighted by Crippen LogP contribution is 2.11. The van der Waals surface area contributed by atoms with Gasteiger partial charge in [-0.15, -0.1) is 0 Å². The Morgan fingerprint density at radius 3 is 2.38 bits per heavy atom. The average molecular weight is 348 g/mol. The maximum absolute atomic E-state index is 11.8. The number of halogens is 1. The van der Waals surface area contributed by atoms with Crippen molar-refractivity contribution in [3.63, 3.8) is 0 Å². The van der Waals surface area contributed by atoms with E-state index in [1.807, 2.05) is 66.5 Å². The lowest BCUT2D eigenvalue weighted by Gasteiger charge is -2.16. The van der Waals surface area contributed by atoms with Crippen molar-refractivity contribution in [2.75, 3.05) is 13.6 Å². The van der Waals surface area contributed by atoms with E-state index in [2.05, 4.69) is 15.9 Å². The molecule has 4 heteroatoms. The van der Waals surface area contributed by atoms with Gasteiger partial charge in [0.2, 0.25) is 0 Å². The highest BCUT2D eigenvalue weighted by atomic mass is 79.9. The quantitative estimate of drug-likeness (QED) is 0.747. The second kappa shape index (κ2) is 7.96. The van der Waals surface area contributed by atoms with Crippen LogP contribution in [0.5, 0.6) is 0 Å². The molecule has 0 N–H and O–H groups in total. The van der Waals surface area contributed by atoms with Crippen molar-refractivity contribution in [2.24, 2.45) is 0 Å². The smallest absolute Gasteiger partial charge is 0.320 e. The molecule has 0 fully saturated rings. The van der Waals surface area contributed by atoms with E-state index in [4.69, 9.17) is 4.74 Å². The molecule has 0 saturated carbocycles. The van der Waals surface area contributed by atoms with Gasteiger partial charge in [0.25, 0.3) is 0 Å². The van der Waals surface area contributed by atoms with Gasteiger partial charge in [-0.2, -0.15) is 0 Å². The number of carbonyl (C=O) groups excluding carboxylic acids is 1. The molecule has 110 valence electrons. The monoisotopic (exact) mass is 347 g/mol. The van der Waals surface area contributed by atoms with Gasteiger partial charge in [0.05, 0.1) is 6.54 Å². The summed E-state index contributed by atoms with van der Waals surface area (Å²) in [5, 5.41) is 0. The molecule has 0 spiro atoms. The third-order valence-corrected chi connectivity index (χ3v) is 3.54. The van der Waals surface area contributed by atoms with E-state index < -0.39 is 0 Å². The molecular formula is C17H18BrNO2. The van der Waals surface area contributed by atoms with Crippen LogP contribution in [0.3, 0.4) is 0 Å². The van der Waals surface area contributed by atoms with E-state index in [0.717, 1.165) is 15.6 Å².